The van der Waals surface area contributed by atoms with Crippen molar-refractivity contribution in [2.24, 2.45) is 0 Å². The van der Waals surface area contributed by atoms with Gasteiger partial charge in [-0.3, -0.25) is 0 Å². The zero-order chi connectivity index (χ0) is 39.9. The van der Waals surface area contributed by atoms with Gasteiger partial charge in [0.05, 0.1) is 22.3 Å². The van der Waals surface area contributed by atoms with Crippen molar-refractivity contribution in [1.82, 2.24) is 0 Å². The van der Waals surface area contributed by atoms with Gasteiger partial charge in [0.2, 0.25) is 0 Å². The molecule has 0 amide bonds. The largest absolute Gasteiger partial charge is 0.416 e. The molecule has 2 aliphatic rings. The highest BCUT2D eigenvalue weighted by Gasteiger charge is 2.42. The molecule has 0 aliphatic heterocycles. The van der Waals surface area contributed by atoms with E-state index in [0.29, 0.717) is 41.0 Å². The van der Waals surface area contributed by atoms with Crippen molar-refractivity contribution >= 4 is 37.1 Å². The Balaban J connectivity index is 1.59. The molecule has 0 N–H and O–H groups in total. The molecule has 0 bridgehead atoms. The Morgan fingerprint density at radius 3 is 1.31 bits per heavy atom. The molecule has 286 valence electrons. The highest BCUT2D eigenvalue weighted by Crippen LogP contribution is 2.52. The Hall–Kier alpha value is -4.40. The number of hydrogen-bond donors (Lipinski definition) is 0. The Kier molecular flexibility index (Phi) is 11.2. The summed E-state index contributed by atoms with van der Waals surface area (Å²) in [6, 6.07) is 20.4. The van der Waals surface area contributed by atoms with E-state index in [1.807, 2.05) is 78.9 Å². The molecule has 1 unspecified atom stereocenters. The van der Waals surface area contributed by atoms with Gasteiger partial charge in [0.1, 0.15) is 0 Å². The minimum atomic E-state index is -5.33. The van der Waals surface area contributed by atoms with Crippen LogP contribution in [0.4, 0.5) is 52.7 Å². The first-order chi connectivity index (χ1) is 25.7. The van der Waals surface area contributed by atoms with Crippen molar-refractivity contribution in [3.8, 4) is 0 Å². The Bertz CT molecular complexity index is 2010. The molecule has 14 heteroatoms. The quantitative estimate of drug-likeness (QED) is 0.129. The number of halogens is 12. The first-order valence-corrected chi connectivity index (χ1v) is 19.3. The smallest absolute Gasteiger partial charge is 0.166 e. The normalized spacial score (nSPS) is 18.4. The predicted molar refractivity (Wildman–Crippen MR) is 194 cm³/mol. The van der Waals surface area contributed by atoms with E-state index in [2.05, 4.69) is 0 Å². The van der Waals surface area contributed by atoms with E-state index in [9.17, 15) is 52.7 Å². The van der Waals surface area contributed by atoms with E-state index in [4.69, 9.17) is 0 Å². The van der Waals surface area contributed by atoms with Gasteiger partial charge >= 0.3 is 24.7 Å². The summed E-state index contributed by atoms with van der Waals surface area (Å²) in [6.45, 7) is 1.40. The fraction of sp³-hybridized carbons (Fsp3) is 0.171. The molecule has 0 aromatic heterocycles. The van der Waals surface area contributed by atoms with Crippen LogP contribution in [-0.4, -0.2) is 11.3 Å². The van der Waals surface area contributed by atoms with Gasteiger partial charge in [-0.05, 0) is 90.2 Å². The van der Waals surface area contributed by atoms with Gasteiger partial charge in [-0.1, -0.05) is 110 Å². The van der Waals surface area contributed by atoms with E-state index in [-0.39, 0.29) is 17.8 Å². The van der Waals surface area contributed by atoms with Gasteiger partial charge in [-0.25, -0.2) is 0 Å². The number of benzene rings is 4. The second kappa shape index (κ2) is 15.3. The lowest BCUT2D eigenvalue weighted by atomic mass is 9.95. The van der Waals surface area contributed by atoms with Crippen molar-refractivity contribution in [2.45, 2.75) is 42.9 Å². The maximum atomic E-state index is 14.1. The van der Waals surface area contributed by atoms with E-state index >= 15 is 0 Å². The Morgan fingerprint density at radius 2 is 0.909 bits per heavy atom. The molecule has 2 aliphatic carbocycles. The predicted octanol–water partition coefficient (Wildman–Crippen LogP) is 12.0. The molecular weight excluding hydrogens is 782 g/mol. The molecule has 4 aromatic rings. The lowest BCUT2D eigenvalue weighted by Crippen LogP contribution is -2.27. The SMILES string of the molecule is C[C@H](C1=CC=C/C1=C1\C=CC=CC1P(c1ccccc1)c1ccccc1)P(c1cc(C(F)(F)F)cc(C(F)(F)F)c1)c1cc(C(F)(F)F)cc(C(F)(F)F)c1. The van der Waals surface area contributed by atoms with Gasteiger partial charge < -0.3 is 0 Å². The minimum Gasteiger partial charge on any atom is -0.166 e. The average molecular weight is 811 g/mol. The van der Waals surface area contributed by atoms with Crippen molar-refractivity contribution in [1.29, 1.82) is 0 Å². The average Bonchev–Trinajstić information content (AvgIpc) is 3.61. The van der Waals surface area contributed by atoms with Crippen LogP contribution >= 0.6 is 15.8 Å². The van der Waals surface area contributed by atoms with Crippen LogP contribution in [0.15, 0.2) is 156 Å². The van der Waals surface area contributed by atoms with Crippen LogP contribution < -0.4 is 21.2 Å². The van der Waals surface area contributed by atoms with Crippen LogP contribution in [0.2, 0.25) is 0 Å². The summed E-state index contributed by atoms with van der Waals surface area (Å²) in [5, 5.41) is 0.588. The molecule has 55 heavy (non-hydrogen) atoms. The van der Waals surface area contributed by atoms with Crippen molar-refractivity contribution in [2.75, 3.05) is 0 Å². The van der Waals surface area contributed by atoms with Crippen molar-refractivity contribution < 1.29 is 52.7 Å². The summed E-state index contributed by atoms with van der Waals surface area (Å²) in [5.74, 6) is 0. The monoisotopic (exact) mass is 810 g/mol. The van der Waals surface area contributed by atoms with E-state index in [1.165, 1.54) is 6.92 Å². The van der Waals surface area contributed by atoms with Gasteiger partial charge in [-0.15, -0.1) is 0 Å². The van der Waals surface area contributed by atoms with Crippen LogP contribution in [0.3, 0.4) is 0 Å². The summed E-state index contributed by atoms with van der Waals surface area (Å²) < 4.78 is 170. The second-order valence-corrected chi connectivity index (χ2v) is 17.5. The highest BCUT2D eigenvalue weighted by molar-refractivity contribution is 7.74. The molecule has 0 spiro atoms. The zero-order valence-electron chi connectivity index (χ0n) is 28.4. The standard InChI is InChI=1S/C41H28F12P2/c1-25(34-16-10-17-35(34)36-15-8-9-18-37(36)55(30-11-4-2-5-12-30)31-13-6-3-7-14-31)54(32-21-26(38(42,43)44)19-27(22-32)39(45,46)47)33-23-28(40(48,49)50)20-29(24-33)41(51,52)53/h2-25,37H,1H3/b36-35-/t25-,37?/m1/s1. The third-order valence-corrected chi connectivity index (χ3v) is 14.4. The van der Waals surface area contributed by atoms with E-state index in [0.717, 1.165) is 10.6 Å². The van der Waals surface area contributed by atoms with Crippen LogP contribution in [0.5, 0.6) is 0 Å². The number of hydrogen-bond acceptors (Lipinski definition) is 0. The number of alkyl halides is 12. The topological polar surface area (TPSA) is 0 Å². The Morgan fingerprint density at radius 1 is 0.491 bits per heavy atom. The maximum Gasteiger partial charge on any atom is 0.416 e. The summed E-state index contributed by atoms with van der Waals surface area (Å²) >= 11 is 0. The van der Waals surface area contributed by atoms with Crippen LogP contribution in [-0.2, 0) is 24.7 Å². The van der Waals surface area contributed by atoms with Crippen LogP contribution in [0.1, 0.15) is 29.2 Å². The molecule has 2 atom stereocenters. The molecule has 6 rings (SSSR count). The first-order valence-electron chi connectivity index (χ1n) is 16.5. The molecule has 0 nitrogen and oxygen atoms in total. The first kappa shape index (κ1) is 40.3. The van der Waals surface area contributed by atoms with E-state index < -0.39 is 79.1 Å². The summed E-state index contributed by atoms with van der Waals surface area (Å²) in [4.78, 5) is 0. The molecule has 0 heterocycles. The molecule has 0 saturated carbocycles. The molecule has 0 fully saturated rings. The third-order valence-electron chi connectivity index (χ3n) is 9.05. The van der Waals surface area contributed by atoms with Crippen molar-refractivity contribution in [3.05, 3.63) is 179 Å². The summed E-state index contributed by atoms with van der Waals surface area (Å²) in [5.41, 5.74) is -6.94. The lowest BCUT2D eigenvalue weighted by Gasteiger charge is -2.33. The molecular formula is C41H28F12P2. The van der Waals surface area contributed by atoms with Gasteiger partial charge in [0, 0.05) is 11.3 Å². The number of rotatable bonds is 7. The lowest BCUT2D eigenvalue weighted by molar-refractivity contribution is -0.144. The molecule has 4 aromatic carbocycles. The molecule has 0 radical (unpaired) electrons. The van der Waals surface area contributed by atoms with Crippen molar-refractivity contribution in [3.63, 3.8) is 0 Å². The van der Waals surface area contributed by atoms with Gasteiger partial charge in [0.15, 0.2) is 0 Å². The fourth-order valence-corrected chi connectivity index (χ4v) is 12.1. The fourth-order valence-electron chi connectivity index (χ4n) is 6.60. The summed E-state index contributed by atoms with van der Waals surface area (Å²) in [7, 11) is -4.01. The van der Waals surface area contributed by atoms with Crippen LogP contribution in [0, 0.1) is 0 Å². The summed E-state index contributed by atoms with van der Waals surface area (Å²) in [6.07, 6.45) is -9.09. The van der Waals surface area contributed by atoms with Gasteiger partial charge in [0.25, 0.3) is 0 Å². The zero-order valence-corrected chi connectivity index (χ0v) is 30.2. The van der Waals surface area contributed by atoms with Crippen LogP contribution in [0.25, 0.3) is 0 Å². The highest BCUT2D eigenvalue weighted by atomic mass is 31.1. The maximum absolute atomic E-state index is 14.1. The molecule has 0 saturated heterocycles. The van der Waals surface area contributed by atoms with E-state index in [1.54, 1.807) is 24.3 Å². The second-order valence-electron chi connectivity index (χ2n) is 12.7. The minimum absolute atomic E-state index is 0.127. The Labute approximate surface area is 310 Å². The van der Waals surface area contributed by atoms with Gasteiger partial charge in [-0.2, -0.15) is 52.7 Å². The number of allylic oxidation sites excluding steroid dienone is 10. The third kappa shape index (κ3) is 8.86.